The van der Waals surface area contributed by atoms with E-state index in [2.05, 4.69) is 10.3 Å². The average Bonchev–Trinajstić information content (AvgIpc) is 2.92. The lowest BCUT2D eigenvalue weighted by Crippen LogP contribution is -2.14. The van der Waals surface area contributed by atoms with E-state index >= 15 is 0 Å². The van der Waals surface area contributed by atoms with Gasteiger partial charge in [-0.15, -0.1) is 0 Å². The molecule has 1 N–H and O–H groups in total. The van der Waals surface area contributed by atoms with Crippen LogP contribution in [0.1, 0.15) is 31.8 Å². The second-order valence-corrected chi connectivity index (χ2v) is 8.53. The number of aromatic nitrogens is 1. The number of pyridine rings is 1. The highest BCUT2D eigenvalue weighted by Crippen LogP contribution is 2.25. The van der Waals surface area contributed by atoms with Crippen molar-refractivity contribution in [3.63, 3.8) is 0 Å². The van der Waals surface area contributed by atoms with E-state index in [0.717, 1.165) is 27.6 Å². The van der Waals surface area contributed by atoms with Crippen LogP contribution < -0.4 is 5.32 Å². The summed E-state index contributed by atoms with van der Waals surface area (Å²) in [5.41, 5.74) is 5.60. The lowest BCUT2D eigenvalue weighted by Gasteiger charge is -2.11. The standard InChI is InChI=1S/C31H24N2O3/c1-21-11-13-23(14-12-21)26-9-5-6-10-27(26)30(34)33-29-18-16-24-19-25(15-17-28(24)32-29)31(35)36-20-22-7-3-2-4-8-22/h2-19H,20H2,1H3,(H,32,33,34). The number of benzene rings is 4. The largest absolute Gasteiger partial charge is 0.457 e. The predicted octanol–water partition coefficient (Wildman–Crippen LogP) is 6.82. The molecule has 0 atom stereocenters. The van der Waals surface area contributed by atoms with Crippen molar-refractivity contribution in [3.05, 3.63) is 131 Å². The number of fused-ring (bicyclic) bond motifs is 1. The van der Waals surface area contributed by atoms with Gasteiger partial charge in [0.15, 0.2) is 0 Å². The first-order chi connectivity index (χ1) is 17.6. The Kier molecular flexibility index (Phi) is 6.54. The van der Waals surface area contributed by atoms with Crippen molar-refractivity contribution >= 4 is 28.6 Å². The van der Waals surface area contributed by atoms with Crippen LogP contribution in [0.4, 0.5) is 5.82 Å². The van der Waals surface area contributed by atoms with Gasteiger partial charge in [-0.2, -0.15) is 0 Å². The fraction of sp³-hybridized carbons (Fsp3) is 0.0645. The molecule has 0 unspecified atom stereocenters. The molecule has 36 heavy (non-hydrogen) atoms. The number of aryl methyl sites for hydroxylation is 1. The molecular weight excluding hydrogens is 448 g/mol. The van der Waals surface area contributed by atoms with Gasteiger partial charge in [0.2, 0.25) is 0 Å². The molecule has 5 nitrogen and oxygen atoms in total. The number of esters is 1. The summed E-state index contributed by atoms with van der Waals surface area (Å²) in [6, 6.07) is 33.9. The van der Waals surface area contributed by atoms with Gasteiger partial charge >= 0.3 is 5.97 Å². The van der Waals surface area contributed by atoms with Gasteiger partial charge in [0, 0.05) is 10.9 Å². The monoisotopic (exact) mass is 472 g/mol. The third-order valence-electron chi connectivity index (χ3n) is 5.91. The lowest BCUT2D eigenvalue weighted by molar-refractivity contribution is 0.0473. The molecule has 176 valence electrons. The highest BCUT2D eigenvalue weighted by atomic mass is 16.5. The van der Waals surface area contributed by atoms with Crippen LogP contribution in [-0.4, -0.2) is 16.9 Å². The van der Waals surface area contributed by atoms with E-state index < -0.39 is 5.97 Å². The maximum Gasteiger partial charge on any atom is 0.338 e. The van der Waals surface area contributed by atoms with E-state index in [1.807, 2.05) is 85.8 Å². The van der Waals surface area contributed by atoms with Crippen molar-refractivity contribution in [2.45, 2.75) is 13.5 Å². The minimum atomic E-state index is -0.397. The maximum absolute atomic E-state index is 13.1. The number of hydrogen-bond donors (Lipinski definition) is 1. The third kappa shape index (κ3) is 5.15. The van der Waals surface area contributed by atoms with E-state index in [1.54, 1.807) is 30.3 Å². The molecule has 0 aliphatic rings. The number of hydrogen-bond acceptors (Lipinski definition) is 4. The van der Waals surface area contributed by atoms with Crippen molar-refractivity contribution in [3.8, 4) is 11.1 Å². The van der Waals surface area contributed by atoms with Gasteiger partial charge in [-0.05, 0) is 60.0 Å². The summed E-state index contributed by atoms with van der Waals surface area (Å²) >= 11 is 0. The van der Waals surface area contributed by atoms with Gasteiger partial charge < -0.3 is 10.1 Å². The van der Waals surface area contributed by atoms with Crippen molar-refractivity contribution in [1.82, 2.24) is 4.98 Å². The smallest absolute Gasteiger partial charge is 0.338 e. The summed E-state index contributed by atoms with van der Waals surface area (Å²) in [4.78, 5) is 30.2. The summed E-state index contributed by atoms with van der Waals surface area (Å²) in [6.07, 6.45) is 0. The Morgan fingerprint density at radius 2 is 1.56 bits per heavy atom. The number of nitrogens with zero attached hydrogens (tertiary/aromatic N) is 1. The fourth-order valence-electron chi connectivity index (χ4n) is 3.98. The molecule has 5 rings (SSSR count). The molecule has 1 aromatic heterocycles. The molecule has 0 aliphatic heterocycles. The molecule has 1 amide bonds. The van der Waals surface area contributed by atoms with Gasteiger partial charge in [0.05, 0.1) is 11.1 Å². The molecular formula is C31H24N2O3. The summed E-state index contributed by atoms with van der Waals surface area (Å²) < 4.78 is 5.43. The van der Waals surface area contributed by atoms with Gasteiger partial charge in [-0.25, -0.2) is 9.78 Å². The van der Waals surface area contributed by atoms with Crippen LogP contribution in [0.3, 0.4) is 0 Å². The van der Waals surface area contributed by atoms with Gasteiger partial charge in [0.25, 0.3) is 5.91 Å². The van der Waals surface area contributed by atoms with Crippen LogP contribution in [0.2, 0.25) is 0 Å². The second-order valence-electron chi connectivity index (χ2n) is 8.53. The topological polar surface area (TPSA) is 68.3 Å². The molecule has 1 heterocycles. The molecule has 5 aromatic rings. The van der Waals surface area contributed by atoms with E-state index in [-0.39, 0.29) is 12.5 Å². The summed E-state index contributed by atoms with van der Waals surface area (Å²) in [6.45, 7) is 2.25. The Labute approximate surface area is 209 Å². The Bertz CT molecular complexity index is 1540. The summed E-state index contributed by atoms with van der Waals surface area (Å²) in [5.74, 6) is -0.199. The third-order valence-corrected chi connectivity index (χ3v) is 5.91. The van der Waals surface area contributed by atoms with Crippen molar-refractivity contribution in [2.24, 2.45) is 0 Å². The fourth-order valence-corrected chi connectivity index (χ4v) is 3.98. The van der Waals surface area contributed by atoms with Crippen LogP contribution in [0.25, 0.3) is 22.0 Å². The SMILES string of the molecule is Cc1ccc(-c2ccccc2C(=O)Nc2ccc3cc(C(=O)OCc4ccccc4)ccc3n2)cc1. The number of carbonyl (C=O) groups is 2. The zero-order valence-electron chi connectivity index (χ0n) is 19.8. The molecule has 4 aromatic carbocycles. The second kappa shape index (κ2) is 10.2. The van der Waals surface area contributed by atoms with Crippen LogP contribution in [0.5, 0.6) is 0 Å². The van der Waals surface area contributed by atoms with Crippen molar-refractivity contribution in [1.29, 1.82) is 0 Å². The van der Waals surface area contributed by atoms with Gasteiger partial charge in [0.1, 0.15) is 12.4 Å². The molecule has 0 radical (unpaired) electrons. The molecule has 0 saturated carbocycles. The zero-order valence-corrected chi connectivity index (χ0v) is 19.8. The van der Waals surface area contributed by atoms with E-state index in [0.29, 0.717) is 22.5 Å². The zero-order chi connectivity index (χ0) is 24.9. The lowest BCUT2D eigenvalue weighted by atomic mass is 9.98. The van der Waals surface area contributed by atoms with E-state index in [9.17, 15) is 9.59 Å². The normalized spacial score (nSPS) is 10.7. The average molecular weight is 473 g/mol. The first kappa shape index (κ1) is 23.0. The first-order valence-electron chi connectivity index (χ1n) is 11.7. The number of rotatable bonds is 6. The maximum atomic E-state index is 13.1. The van der Waals surface area contributed by atoms with Crippen LogP contribution in [-0.2, 0) is 11.3 Å². The van der Waals surface area contributed by atoms with E-state index in [1.165, 1.54) is 0 Å². The minimum Gasteiger partial charge on any atom is -0.457 e. The summed E-state index contributed by atoms with van der Waals surface area (Å²) in [7, 11) is 0. The molecule has 0 aliphatic carbocycles. The van der Waals surface area contributed by atoms with Crippen LogP contribution in [0, 0.1) is 6.92 Å². The molecule has 0 bridgehead atoms. The summed E-state index contributed by atoms with van der Waals surface area (Å²) in [5, 5.41) is 3.69. The Hall–Kier alpha value is -4.77. The van der Waals surface area contributed by atoms with E-state index in [4.69, 9.17) is 4.74 Å². The highest BCUT2D eigenvalue weighted by molar-refractivity contribution is 6.08. The Morgan fingerprint density at radius 1 is 0.806 bits per heavy atom. The predicted molar refractivity (Wildman–Crippen MR) is 142 cm³/mol. The molecule has 5 heteroatoms. The van der Waals surface area contributed by atoms with Crippen LogP contribution in [0.15, 0.2) is 109 Å². The van der Waals surface area contributed by atoms with Crippen molar-refractivity contribution in [2.75, 3.05) is 5.32 Å². The first-order valence-corrected chi connectivity index (χ1v) is 11.7. The van der Waals surface area contributed by atoms with Crippen molar-refractivity contribution < 1.29 is 14.3 Å². The Balaban J connectivity index is 1.32. The van der Waals surface area contributed by atoms with Gasteiger partial charge in [-0.3, -0.25) is 4.79 Å². The quantitative estimate of drug-likeness (QED) is 0.275. The van der Waals surface area contributed by atoms with Gasteiger partial charge in [-0.1, -0.05) is 78.4 Å². The minimum absolute atomic E-state index is 0.213. The number of amides is 1. The van der Waals surface area contributed by atoms with Crippen LogP contribution >= 0.6 is 0 Å². The number of carbonyl (C=O) groups excluding carboxylic acids is 2. The number of nitrogens with one attached hydrogen (secondary N) is 1. The Morgan fingerprint density at radius 3 is 2.36 bits per heavy atom. The molecule has 0 spiro atoms. The molecule has 0 fully saturated rings. The number of ether oxygens (including phenoxy) is 1. The highest BCUT2D eigenvalue weighted by Gasteiger charge is 2.14. The number of anilines is 1. The molecule has 0 saturated heterocycles.